The number of likely N-dealkylation sites (N-methyl/N-ethyl adjacent to an activating group) is 1. The first-order chi connectivity index (χ1) is 11.8. The molecule has 0 amide bonds. The summed E-state index contributed by atoms with van der Waals surface area (Å²) in [6, 6.07) is 3.65. The van der Waals surface area contributed by atoms with E-state index in [1.54, 1.807) is 13.1 Å². The van der Waals surface area contributed by atoms with Crippen molar-refractivity contribution in [3.05, 3.63) is 70.1 Å². The molecule has 0 bridgehead atoms. The normalized spacial score (nSPS) is 14.4. The van der Waals surface area contributed by atoms with Gasteiger partial charge in [-0.2, -0.15) is 0 Å². The van der Waals surface area contributed by atoms with Gasteiger partial charge in [-0.3, -0.25) is 4.79 Å². The van der Waals surface area contributed by atoms with Crippen molar-refractivity contribution in [2.45, 2.75) is 6.42 Å². The smallest absolute Gasteiger partial charge is 0.254 e. The van der Waals surface area contributed by atoms with E-state index in [0.29, 0.717) is 12.0 Å². The average molecular weight is 390 g/mol. The third-order valence-electron chi connectivity index (χ3n) is 3.44. The van der Waals surface area contributed by atoms with Crippen molar-refractivity contribution in [3.8, 4) is 0 Å². The topological polar surface area (TPSA) is 81.1 Å². The first kappa shape index (κ1) is 21.2. The van der Waals surface area contributed by atoms with E-state index in [-0.39, 0.29) is 28.8 Å². The van der Waals surface area contributed by atoms with Crippen LogP contribution in [0.1, 0.15) is 5.56 Å². The highest BCUT2D eigenvalue weighted by Gasteiger charge is 2.14. The predicted molar refractivity (Wildman–Crippen MR) is 96.8 cm³/mol. The molecule has 0 saturated carbocycles. The van der Waals surface area contributed by atoms with Crippen LogP contribution in [0.2, 0.25) is 0 Å². The maximum absolute atomic E-state index is 13.3. The van der Waals surface area contributed by atoms with Gasteiger partial charge in [0, 0.05) is 13.2 Å². The molecular weight excluding hydrogens is 371 g/mol. The molecule has 0 saturated heterocycles. The quantitative estimate of drug-likeness (QED) is 0.362. The summed E-state index contributed by atoms with van der Waals surface area (Å²) in [7, 11) is 1.57. The molecule has 8 heteroatoms. The lowest BCUT2D eigenvalue weighted by Crippen LogP contribution is -2.16. The summed E-state index contributed by atoms with van der Waals surface area (Å²) in [6.45, 7) is 0.231. The Balaban J connectivity index is 3.09. The molecule has 1 atom stereocenters. The Morgan fingerprint density at radius 2 is 2.00 bits per heavy atom. The van der Waals surface area contributed by atoms with Gasteiger partial charge in [-0.1, -0.05) is 29.8 Å². The van der Waals surface area contributed by atoms with Crippen molar-refractivity contribution < 1.29 is 13.6 Å². The zero-order chi connectivity index (χ0) is 19.0. The molecule has 0 aromatic heterocycles. The van der Waals surface area contributed by atoms with E-state index in [9.17, 15) is 13.6 Å². The molecule has 0 aliphatic rings. The van der Waals surface area contributed by atoms with Gasteiger partial charge in [0.2, 0.25) is 0 Å². The fraction of sp³-hybridized carbons (Fsp3) is 0.235. The fourth-order valence-corrected chi connectivity index (χ4v) is 2.50. The molecule has 1 aromatic rings. The minimum absolute atomic E-state index is 0.111. The zero-order valence-electron chi connectivity index (χ0n) is 13.5. The number of nitrogens with two attached hydrogens (primary N) is 2. The van der Waals surface area contributed by atoms with Crippen LogP contribution in [-0.2, 0) is 11.2 Å². The number of benzene rings is 1. The molecule has 1 rings (SSSR count). The largest absolute Gasteiger partial charge is 0.403 e. The molecule has 25 heavy (non-hydrogen) atoms. The van der Waals surface area contributed by atoms with Gasteiger partial charge in [0.15, 0.2) is 11.6 Å². The van der Waals surface area contributed by atoms with Crippen LogP contribution >= 0.6 is 23.2 Å². The van der Waals surface area contributed by atoms with Gasteiger partial charge >= 0.3 is 0 Å². The fourth-order valence-electron chi connectivity index (χ4n) is 2.14. The van der Waals surface area contributed by atoms with Crippen molar-refractivity contribution in [3.63, 3.8) is 0 Å². The first-order valence-electron chi connectivity index (χ1n) is 7.35. The van der Waals surface area contributed by atoms with Gasteiger partial charge in [-0.25, -0.2) is 8.78 Å². The van der Waals surface area contributed by atoms with E-state index in [4.69, 9.17) is 34.7 Å². The summed E-state index contributed by atoms with van der Waals surface area (Å²) in [5.41, 5.74) is 12.0. The number of nitrogens with one attached hydrogen (secondary N) is 1. The lowest BCUT2D eigenvalue weighted by Gasteiger charge is -2.12. The maximum Gasteiger partial charge on any atom is 0.254 e. The van der Waals surface area contributed by atoms with Crippen LogP contribution in [-0.4, -0.2) is 18.8 Å². The average Bonchev–Trinajstić information content (AvgIpc) is 2.59. The van der Waals surface area contributed by atoms with Crippen LogP contribution < -0.4 is 16.8 Å². The van der Waals surface area contributed by atoms with Gasteiger partial charge in [-0.15, -0.1) is 0 Å². The van der Waals surface area contributed by atoms with Gasteiger partial charge in [0.1, 0.15) is 0 Å². The van der Waals surface area contributed by atoms with Crippen molar-refractivity contribution in [1.82, 2.24) is 5.32 Å². The zero-order valence-corrected chi connectivity index (χ0v) is 15.0. The minimum Gasteiger partial charge on any atom is -0.403 e. The third kappa shape index (κ3) is 6.16. The Morgan fingerprint density at radius 1 is 1.32 bits per heavy atom. The standard InChI is InChI=1S/C17H19Cl2F2N3O/c1-24-16(13(18)9-23)12(17(19)25)4-2-11(8-22)6-10-3-5-14(20)15(21)7-10/h2-5,7,9,11,24H,6,8,22-23H2,1H3/b4-2+,13-9?,16-12?. The van der Waals surface area contributed by atoms with Gasteiger partial charge in [0.25, 0.3) is 5.24 Å². The third-order valence-corrected chi connectivity index (χ3v) is 3.95. The Hall–Kier alpha value is -1.89. The van der Waals surface area contributed by atoms with Gasteiger partial charge in [-0.05, 0) is 48.2 Å². The lowest BCUT2D eigenvalue weighted by molar-refractivity contribution is -0.108. The molecule has 5 N–H and O–H groups in total. The molecular formula is C17H19Cl2F2N3O. The SMILES string of the molecule is CNC(C(Cl)=CN)=C(/C=C/C(CN)Cc1ccc(F)c(F)c1)C(=O)Cl. The Kier molecular flexibility index (Phi) is 8.61. The van der Waals surface area contributed by atoms with Crippen LogP contribution in [0.3, 0.4) is 0 Å². The highest BCUT2D eigenvalue weighted by Crippen LogP contribution is 2.20. The summed E-state index contributed by atoms with van der Waals surface area (Å²) >= 11 is 11.6. The molecule has 136 valence electrons. The van der Waals surface area contributed by atoms with Crippen LogP contribution in [0.4, 0.5) is 8.78 Å². The summed E-state index contributed by atoms with van der Waals surface area (Å²) in [6.07, 6.45) is 4.63. The van der Waals surface area contributed by atoms with Crippen molar-refractivity contribution >= 4 is 28.4 Å². The molecule has 1 aromatic carbocycles. The number of hydrogen-bond donors (Lipinski definition) is 3. The molecule has 0 heterocycles. The van der Waals surface area contributed by atoms with E-state index in [1.807, 2.05) is 0 Å². The van der Waals surface area contributed by atoms with E-state index in [2.05, 4.69) is 5.32 Å². The summed E-state index contributed by atoms with van der Waals surface area (Å²) in [5, 5.41) is 2.15. The van der Waals surface area contributed by atoms with E-state index >= 15 is 0 Å². The van der Waals surface area contributed by atoms with Crippen LogP contribution in [0, 0.1) is 17.6 Å². The number of carbonyl (C=O) groups excluding carboxylic acids is 1. The second kappa shape index (κ2) is 10.2. The van der Waals surface area contributed by atoms with Gasteiger partial charge < -0.3 is 16.8 Å². The number of halogens is 4. The molecule has 0 spiro atoms. The molecule has 0 aliphatic heterocycles. The molecule has 4 nitrogen and oxygen atoms in total. The van der Waals surface area contributed by atoms with Gasteiger partial charge in [0.05, 0.1) is 16.3 Å². The summed E-state index contributed by atoms with van der Waals surface area (Å²) < 4.78 is 26.3. The van der Waals surface area contributed by atoms with E-state index in [1.165, 1.54) is 12.1 Å². The van der Waals surface area contributed by atoms with Crippen LogP contribution in [0.5, 0.6) is 0 Å². The number of rotatable bonds is 8. The summed E-state index contributed by atoms with van der Waals surface area (Å²) in [5.74, 6) is -2.07. The second-order valence-electron chi connectivity index (χ2n) is 5.13. The van der Waals surface area contributed by atoms with Crippen LogP contribution in [0.25, 0.3) is 0 Å². The molecule has 0 radical (unpaired) electrons. The lowest BCUT2D eigenvalue weighted by atomic mass is 9.97. The first-order valence-corrected chi connectivity index (χ1v) is 8.11. The highest BCUT2D eigenvalue weighted by atomic mass is 35.5. The number of carbonyl (C=O) groups is 1. The predicted octanol–water partition coefficient (Wildman–Crippen LogP) is 2.92. The molecule has 0 aliphatic carbocycles. The van der Waals surface area contributed by atoms with Crippen molar-refractivity contribution in [1.29, 1.82) is 0 Å². The van der Waals surface area contributed by atoms with E-state index < -0.39 is 16.9 Å². The van der Waals surface area contributed by atoms with Crippen LogP contribution in [0.15, 0.2) is 52.9 Å². The Bertz CT molecular complexity index is 718. The molecule has 0 fully saturated rings. The van der Waals surface area contributed by atoms with Crippen molar-refractivity contribution in [2.24, 2.45) is 17.4 Å². The minimum atomic E-state index is -0.925. The summed E-state index contributed by atoms with van der Waals surface area (Å²) in [4.78, 5) is 11.7. The second-order valence-corrected chi connectivity index (χ2v) is 5.88. The Morgan fingerprint density at radius 3 is 2.48 bits per heavy atom. The maximum atomic E-state index is 13.3. The monoisotopic (exact) mass is 389 g/mol. The van der Waals surface area contributed by atoms with Crippen molar-refractivity contribution in [2.75, 3.05) is 13.6 Å². The highest BCUT2D eigenvalue weighted by molar-refractivity contribution is 6.68. The Labute approximate surface area is 155 Å². The number of allylic oxidation sites excluding steroid dienone is 3. The number of hydrogen-bond acceptors (Lipinski definition) is 4. The van der Waals surface area contributed by atoms with E-state index in [0.717, 1.165) is 18.3 Å². The molecule has 1 unspecified atom stereocenters.